The molecule has 6 heteroatoms. The maximum atomic E-state index is 6.00. The van der Waals surface area contributed by atoms with Crippen LogP contribution in [-0.2, 0) is 6.42 Å². The van der Waals surface area contributed by atoms with E-state index in [1.807, 2.05) is 11.8 Å². The van der Waals surface area contributed by atoms with Crippen LogP contribution in [0.3, 0.4) is 0 Å². The topological polar surface area (TPSA) is 37.8 Å². The monoisotopic (exact) mass is 315 g/mol. The summed E-state index contributed by atoms with van der Waals surface area (Å²) in [6.07, 6.45) is 3.12. The summed E-state index contributed by atoms with van der Waals surface area (Å²) in [6.45, 7) is 7.39. The summed E-state index contributed by atoms with van der Waals surface area (Å²) < 4.78 is 0.160. The Kier molecular flexibility index (Phi) is 4.58. The van der Waals surface area contributed by atoms with Crippen LogP contribution in [0, 0.1) is 0 Å². The van der Waals surface area contributed by atoms with Crippen molar-refractivity contribution in [1.29, 1.82) is 0 Å². The van der Waals surface area contributed by atoms with Gasteiger partial charge in [0, 0.05) is 16.2 Å². The third kappa shape index (κ3) is 3.52. The average Bonchev–Trinajstić information content (AvgIpc) is 2.79. The van der Waals surface area contributed by atoms with Crippen LogP contribution < -0.4 is 5.32 Å². The number of hydrogen-bond acceptors (Lipinski definition) is 5. The van der Waals surface area contributed by atoms with E-state index in [4.69, 9.17) is 11.6 Å². The third-order valence-electron chi connectivity index (χ3n) is 3.00. The van der Waals surface area contributed by atoms with Crippen molar-refractivity contribution in [1.82, 2.24) is 9.97 Å². The first-order valence-electron chi connectivity index (χ1n) is 6.20. The van der Waals surface area contributed by atoms with E-state index in [0.29, 0.717) is 5.28 Å². The quantitative estimate of drug-likeness (QED) is 0.827. The minimum atomic E-state index is 0.160. The molecule has 0 aliphatic carbocycles. The first kappa shape index (κ1) is 14.9. The Hall–Kier alpha value is -0.520. The van der Waals surface area contributed by atoms with Crippen molar-refractivity contribution >= 4 is 50.7 Å². The minimum Gasteiger partial charge on any atom is -0.368 e. The summed E-state index contributed by atoms with van der Waals surface area (Å²) in [7, 11) is 0. The molecule has 0 aromatic carbocycles. The Morgan fingerprint density at radius 3 is 2.79 bits per heavy atom. The van der Waals surface area contributed by atoms with E-state index in [1.165, 1.54) is 4.88 Å². The number of halogens is 1. The highest BCUT2D eigenvalue weighted by molar-refractivity contribution is 7.99. The van der Waals surface area contributed by atoms with Crippen LogP contribution in [0.25, 0.3) is 10.2 Å². The van der Waals surface area contributed by atoms with Crippen LogP contribution in [0.5, 0.6) is 0 Å². The summed E-state index contributed by atoms with van der Waals surface area (Å²) in [5, 5.41) is 4.79. The van der Waals surface area contributed by atoms with Crippen LogP contribution in [0.15, 0.2) is 6.07 Å². The number of rotatable bonds is 5. The largest absolute Gasteiger partial charge is 0.368 e. The first-order chi connectivity index (χ1) is 8.95. The van der Waals surface area contributed by atoms with Crippen molar-refractivity contribution in [3.63, 3.8) is 0 Å². The lowest BCUT2D eigenvalue weighted by Gasteiger charge is -2.22. The van der Waals surface area contributed by atoms with Gasteiger partial charge in [-0.3, -0.25) is 0 Å². The minimum absolute atomic E-state index is 0.160. The molecule has 2 aromatic heterocycles. The lowest BCUT2D eigenvalue weighted by molar-refractivity contribution is 0.750. The molecule has 0 unspecified atom stereocenters. The van der Waals surface area contributed by atoms with Crippen LogP contribution in [0.1, 0.15) is 25.6 Å². The molecule has 104 valence electrons. The van der Waals surface area contributed by atoms with Gasteiger partial charge in [-0.2, -0.15) is 11.8 Å². The zero-order valence-corrected chi connectivity index (χ0v) is 14.0. The van der Waals surface area contributed by atoms with E-state index in [2.05, 4.69) is 48.4 Å². The van der Waals surface area contributed by atoms with Gasteiger partial charge in [-0.1, -0.05) is 6.92 Å². The van der Waals surface area contributed by atoms with Crippen LogP contribution in [0.2, 0.25) is 5.28 Å². The summed E-state index contributed by atoms with van der Waals surface area (Å²) in [5.74, 6) is 0.841. The molecule has 0 fully saturated rings. The van der Waals surface area contributed by atoms with Gasteiger partial charge >= 0.3 is 0 Å². The van der Waals surface area contributed by atoms with E-state index in [0.717, 1.165) is 29.0 Å². The molecule has 0 amide bonds. The SMILES string of the molecule is CCc1cc2c(NCC(C)(C)SC)nc(Cl)nc2s1. The summed E-state index contributed by atoms with van der Waals surface area (Å²) in [4.78, 5) is 10.9. The molecule has 0 saturated carbocycles. The van der Waals surface area contributed by atoms with E-state index >= 15 is 0 Å². The highest BCUT2D eigenvalue weighted by Gasteiger charge is 2.17. The van der Waals surface area contributed by atoms with Gasteiger partial charge in [0.2, 0.25) is 5.28 Å². The number of fused-ring (bicyclic) bond motifs is 1. The molecule has 3 nitrogen and oxygen atoms in total. The van der Waals surface area contributed by atoms with Crippen LogP contribution in [0.4, 0.5) is 5.82 Å². The maximum absolute atomic E-state index is 6.00. The van der Waals surface area contributed by atoms with E-state index < -0.39 is 0 Å². The van der Waals surface area contributed by atoms with E-state index in [9.17, 15) is 0 Å². The summed E-state index contributed by atoms with van der Waals surface area (Å²) in [5.41, 5.74) is 0. The Bertz CT molecular complexity index is 581. The molecule has 2 aromatic rings. The van der Waals surface area contributed by atoms with Crippen molar-refractivity contribution in [2.24, 2.45) is 0 Å². The van der Waals surface area contributed by atoms with Gasteiger partial charge in [-0.05, 0) is 44.2 Å². The second-order valence-electron chi connectivity index (χ2n) is 4.94. The van der Waals surface area contributed by atoms with E-state index in [-0.39, 0.29) is 4.75 Å². The fourth-order valence-electron chi connectivity index (χ4n) is 1.62. The van der Waals surface area contributed by atoms with Crippen molar-refractivity contribution < 1.29 is 0 Å². The smallest absolute Gasteiger partial charge is 0.225 e. The molecule has 19 heavy (non-hydrogen) atoms. The number of aromatic nitrogens is 2. The number of thiophene rings is 1. The zero-order valence-electron chi connectivity index (χ0n) is 11.6. The Balaban J connectivity index is 2.33. The van der Waals surface area contributed by atoms with Gasteiger partial charge in [0.25, 0.3) is 0 Å². The Labute approximate surface area is 127 Å². The fraction of sp³-hybridized carbons (Fsp3) is 0.538. The summed E-state index contributed by atoms with van der Waals surface area (Å²) >= 11 is 9.51. The van der Waals surface area contributed by atoms with Gasteiger partial charge in [-0.15, -0.1) is 11.3 Å². The second-order valence-corrected chi connectivity index (χ2v) is 7.91. The number of thioether (sulfide) groups is 1. The molecular weight excluding hydrogens is 298 g/mol. The number of hydrogen-bond donors (Lipinski definition) is 1. The number of nitrogens with zero attached hydrogens (tertiary/aromatic N) is 2. The standard InChI is InChI=1S/C13H18ClN3S2/c1-5-8-6-9-10(15-7-13(2,3)18-4)16-12(14)17-11(9)19-8/h6H,5,7H2,1-4H3,(H,15,16,17). The predicted octanol–water partition coefficient (Wildman–Crippen LogP) is 4.46. The molecule has 0 spiro atoms. The number of aryl methyl sites for hydroxylation is 1. The Morgan fingerprint density at radius 2 is 2.16 bits per heavy atom. The average molecular weight is 316 g/mol. The van der Waals surface area contributed by atoms with Crippen molar-refractivity contribution in [3.8, 4) is 0 Å². The van der Waals surface area contributed by atoms with Crippen molar-refractivity contribution in [2.75, 3.05) is 18.1 Å². The highest BCUT2D eigenvalue weighted by atomic mass is 35.5. The molecule has 0 radical (unpaired) electrons. The molecule has 2 rings (SSSR count). The molecule has 2 heterocycles. The molecule has 0 atom stereocenters. The lowest BCUT2D eigenvalue weighted by atomic mass is 10.2. The molecular formula is C13H18ClN3S2. The summed E-state index contributed by atoms with van der Waals surface area (Å²) in [6, 6.07) is 2.16. The van der Waals surface area contributed by atoms with Crippen molar-refractivity contribution in [2.45, 2.75) is 31.9 Å². The van der Waals surface area contributed by atoms with Gasteiger partial charge in [0.15, 0.2) is 0 Å². The van der Waals surface area contributed by atoms with Crippen LogP contribution >= 0.6 is 34.7 Å². The molecule has 0 bridgehead atoms. The molecule has 0 saturated heterocycles. The Morgan fingerprint density at radius 1 is 1.42 bits per heavy atom. The van der Waals surface area contributed by atoms with E-state index in [1.54, 1.807) is 11.3 Å². The van der Waals surface area contributed by atoms with Gasteiger partial charge < -0.3 is 5.32 Å². The van der Waals surface area contributed by atoms with Gasteiger partial charge in [0.1, 0.15) is 10.6 Å². The van der Waals surface area contributed by atoms with Crippen molar-refractivity contribution in [3.05, 3.63) is 16.2 Å². The third-order valence-corrected chi connectivity index (χ3v) is 5.59. The number of nitrogens with one attached hydrogen (secondary N) is 1. The number of anilines is 1. The molecule has 1 N–H and O–H groups in total. The normalized spacial score (nSPS) is 12.1. The fourth-order valence-corrected chi connectivity index (χ4v) is 3.03. The highest BCUT2D eigenvalue weighted by Crippen LogP contribution is 2.31. The maximum Gasteiger partial charge on any atom is 0.225 e. The van der Waals surface area contributed by atoms with Gasteiger partial charge in [-0.25, -0.2) is 9.97 Å². The van der Waals surface area contributed by atoms with Crippen LogP contribution in [-0.4, -0.2) is 27.5 Å². The molecule has 0 aliphatic rings. The van der Waals surface area contributed by atoms with Gasteiger partial charge in [0.05, 0.1) is 5.39 Å². The predicted molar refractivity (Wildman–Crippen MR) is 87.9 cm³/mol. The molecule has 0 aliphatic heterocycles. The zero-order chi connectivity index (χ0) is 14.0. The first-order valence-corrected chi connectivity index (χ1v) is 8.62. The second kappa shape index (κ2) is 5.85. The lowest BCUT2D eigenvalue weighted by Crippen LogP contribution is -2.26.